The van der Waals surface area contributed by atoms with E-state index in [4.69, 9.17) is 10.3 Å². The third-order valence-electron chi connectivity index (χ3n) is 2.60. The summed E-state index contributed by atoms with van der Waals surface area (Å²) in [4.78, 5) is 4.28. The smallest absolute Gasteiger partial charge is 0.236 e. The molecule has 1 aromatic carbocycles. The molecule has 0 bridgehead atoms. The molecule has 0 saturated heterocycles. The Bertz CT molecular complexity index is 515. The molecule has 2 aromatic rings. The van der Waals surface area contributed by atoms with Crippen LogP contribution < -0.4 is 5.73 Å². The molecule has 1 unspecified atom stereocenters. The normalized spacial score (nSPS) is 12.6. The second-order valence-corrected chi connectivity index (χ2v) is 5.40. The molecule has 1 heterocycles. The number of hydrogen-bond acceptors (Lipinski definition) is 5. The van der Waals surface area contributed by atoms with E-state index in [2.05, 4.69) is 17.1 Å². The molecule has 19 heavy (non-hydrogen) atoms. The topological polar surface area (TPSA) is 64.9 Å². The Morgan fingerprint density at radius 1 is 1.37 bits per heavy atom. The van der Waals surface area contributed by atoms with Crippen LogP contribution in [0.25, 0.3) is 11.4 Å². The number of halogens is 1. The second-order valence-electron chi connectivity index (χ2n) is 4.37. The van der Waals surface area contributed by atoms with E-state index in [1.54, 1.807) is 23.9 Å². The molecule has 0 fully saturated rings. The number of aromatic nitrogens is 2. The summed E-state index contributed by atoms with van der Waals surface area (Å²) < 4.78 is 18.0. The molecule has 0 aliphatic rings. The summed E-state index contributed by atoms with van der Waals surface area (Å²) in [6.07, 6.45) is 0. The maximum Gasteiger partial charge on any atom is 0.236 e. The van der Waals surface area contributed by atoms with Crippen molar-refractivity contribution in [3.63, 3.8) is 0 Å². The van der Waals surface area contributed by atoms with Gasteiger partial charge in [-0.05, 0) is 42.5 Å². The van der Waals surface area contributed by atoms with Crippen LogP contribution in [0.1, 0.15) is 12.8 Å². The van der Waals surface area contributed by atoms with Gasteiger partial charge < -0.3 is 10.3 Å². The highest BCUT2D eigenvalue weighted by molar-refractivity contribution is 7.98. The first-order valence-corrected chi connectivity index (χ1v) is 7.21. The van der Waals surface area contributed by atoms with Gasteiger partial charge in [-0.1, -0.05) is 12.1 Å². The van der Waals surface area contributed by atoms with Crippen molar-refractivity contribution in [2.45, 2.75) is 12.7 Å². The summed E-state index contributed by atoms with van der Waals surface area (Å²) in [5.41, 5.74) is 6.30. The summed E-state index contributed by atoms with van der Waals surface area (Å²) in [7, 11) is 0. The van der Waals surface area contributed by atoms with E-state index in [-0.39, 0.29) is 5.82 Å². The van der Waals surface area contributed by atoms with Gasteiger partial charge in [0.05, 0.1) is 5.75 Å². The summed E-state index contributed by atoms with van der Waals surface area (Å²) in [6.45, 7) is 2.78. The lowest BCUT2D eigenvalue weighted by Crippen LogP contribution is -2.12. The van der Waals surface area contributed by atoms with E-state index >= 15 is 0 Å². The molecule has 0 spiro atoms. The number of rotatable bonds is 6. The lowest BCUT2D eigenvalue weighted by atomic mass is 10.2. The molecule has 1 aromatic heterocycles. The van der Waals surface area contributed by atoms with Gasteiger partial charge in [-0.15, -0.1) is 0 Å². The van der Waals surface area contributed by atoms with E-state index in [1.807, 2.05) is 0 Å². The van der Waals surface area contributed by atoms with Crippen LogP contribution in [-0.2, 0) is 5.75 Å². The number of thioether (sulfide) groups is 1. The van der Waals surface area contributed by atoms with Crippen LogP contribution in [0, 0.1) is 11.7 Å². The number of benzene rings is 1. The fourth-order valence-electron chi connectivity index (χ4n) is 1.45. The molecule has 2 rings (SSSR count). The molecule has 0 amide bonds. The van der Waals surface area contributed by atoms with Crippen molar-refractivity contribution in [2.75, 3.05) is 12.3 Å². The maximum atomic E-state index is 12.8. The first-order valence-electron chi connectivity index (χ1n) is 6.05. The van der Waals surface area contributed by atoms with Crippen molar-refractivity contribution >= 4 is 11.8 Å². The first kappa shape index (κ1) is 14.0. The highest BCUT2D eigenvalue weighted by Gasteiger charge is 2.09. The van der Waals surface area contributed by atoms with Gasteiger partial charge in [-0.2, -0.15) is 16.7 Å². The van der Waals surface area contributed by atoms with E-state index in [1.165, 1.54) is 12.1 Å². The maximum absolute atomic E-state index is 12.8. The molecule has 0 radical (unpaired) electrons. The van der Waals surface area contributed by atoms with E-state index < -0.39 is 0 Å². The standard InChI is InChI=1S/C13H16FN3OS/c1-9(6-15)7-19-8-12-16-13(17-18-12)10-2-4-11(14)5-3-10/h2-5,9H,6-8,15H2,1H3. The van der Waals surface area contributed by atoms with Gasteiger partial charge in [0.15, 0.2) is 0 Å². The summed E-state index contributed by atoms with van der Waals surface area (Å²) in [5.74, 6) is 2.89. The Labute approximate surface area is 115 Å². The Balaban J connectivity index is 1.93. The summed E-state index contributed by atoms with van der Waals surface area (Å²) >= 11 is 1.71. The SMILES string of the molecule is CC(CN)CSCc1nc(-c2ccc(F)cc2)no1. The second kappa shape index (κ2) is 6.68. The van der Waals surface area contributed by atoms with Crippen LogP contribution in [0.2, 0.25) is 0 Å². The van der Waals surface area contributed by atoms with E-state index in [0.717, 1.165) is 11.3 Å². The summed E-state index contributed by atoms with van der Waals surface area (Å²) in [5, 5.41) is 3.89. The van der Waals surface area contributed by atoms with Crippen molar-refractivity contribution < 1.29 is 8.91 Å². The zero-order valence-corrected chi connectivity index (χ0v) is 11.5. The molecule has 1 atom stereocenters. The Morgan fingerprint density at radius 2 is 2.11 bits per heavy atom. The Kier molecular flexibility index (Phi) is 4.93. The van der Waals surface area contributed by atoms with Crippen molar-refractivity contribution in [1.29, 1.82) is 0 Å². The molecule has 102 valence electrons. The zero-order chi connectivity index (χ0) is 13.7. The molecule has 6 heteroatoms. The fraction of sp³-hybridized carbons (Fsp3) is 0.385. The predicted molar refractivity (Wildman–Crippen MR) is 74.1 cm³/mol. The van der Waals surface area contributed by atoms with Gasteiger partial charge in [0.2, 0.25) is 11.7 Å². The lowest BCUT2D eigenvalue weighted by Gasteiger charge is -2.05. The number of nitrogens with zero attached hydrogens (tertiary/aromatic N) is 2. The third-order valence-corrected chi connectivity index (χ3v) is 3.86. The van der Waals surface area contributed by atoms with E-state index in [0.29, 0.717) is 29.9 Å². The predicted octanol–water partition coefficient (Wildman–Crippen LogP) is 2.70. The van der Waals surface area contributed by atoms with Crippen molar-refractivity contribution in [1.82, 2.24) is 10.1 Å². The highest BCUT2D eigenvalue weighted by atomic mass is 32.2. The fourth-order valence-corrected chi connectivity index (χ4v) is 2.39. The van der Waals surface area contributed by atoms with Crippen molar-refractivity contribution in [3.05, 3.63) is 36.0 Å². The molecule has 0 aliphatic heterocycles. The minimum atomic E-state index is -0.279. The molecular formula is C13H16FN3OS. The molecule has 4 nitrogen and oxygen atoms in total. The van der Waals surface area contributed by atoms with Crippen LogP contribution in [0.3, 0.4) is 0 Å². The van der Waals surface area contributed by atoms with Crippen LogP contribution in [0.5, 0.6) is 0 Å². The first-order chi connectivity index (χ1) is 9.19. The van der Waals surface area contributed by atoms with Crippen LogP contribution in [0.4, 0.5) is 4.39 Å². The van der Waals surface area contributed by atoms with Gasteiger partial charge in [0.1, 0.15) is 5.82 Å². The lowest BCUT2D eigenvalue weighted by molar-refractivity contribution is 0.391. The third kappa shape index (κ3) is 4.04. The van der Waals surface area contributed by atoms with Crippen LogP contribution in [0.15, 0.2) is 28.8 Å². The molecular weight excluding hydrogens is 265 g/mol. The van der Waals surface area contributed by atoms with Crippen molar-refractivity contribution in [2.24, 2.45) is 11.7 Å². The minimum Gasteiger partial charge on any atom is -0.338 e. The average molecular weight is 281 g/mol. The minimum absolute atomic E-state index is 0.279. The highest BCUT2D eigenvalue weighted by Crippen LogP contribution is 2.19. The van der Waals surface area contributed by atoms with Gasteiger partial charge in [0, 0.05) is 5.56 Å². The molecule has 2 N–H and O–H groups in total. The quantitative estimate of drug-likeness (QED) is 0.882. The van der Waals surface area contributed by atoms with Crippen LogP contribution in [-0.4, -0.2) is 22.4 Å². The van der Waals surface area contributed by atoms with Gasteiger partial charge >= 0.3 is 0 Å². The molecule has 0 aliphatic carbocycles. The number of nitrogens with two attached hydrogens (primary N) is 1. The number of hydrogen-bond donors (Lipinski definition) is 1. The summed E-state index contributed by atoms with van der Waals surface area (Å²) in [6, 6.07) is 6.02. The van der Waals surface area contributed by atoms with Gasteiger partial charge in [-0.25, -0.2) is 4.39 Å². The van der Waals surface area contributed by atoms with Crippen LogP contribution >= 0.6 is 11.8 Å². The monoisotopic (exact) mass is 281 g/mol. The van der Waals surface area contributed by atoms with Gasteiger partial charge in [0.25, 0.3) is 0 Å². The average Bonchev–Trinajstić information content (AvgIpc) is 2.88. The van der Waals surface area contributed by atoms with E-state index in [9.17, 15) is 4.39 Å². The Morgan fingerprint density at radius 3 is 2.79 bits per heavy atom. The van der Waals surface area contributed by atoms with Crippen molar-refractivity contribution in [3.8, 4) is 11.4 Å². The largest absolute Gasteiger partial charge is 0.338 e. The molecule has 0 saturated carbocycles. The Hall–Kier alpha value is -1.40. The zero-order valence-electron chi connectivity index (χ0n) is 10.7. The van der Waals surface area contributed by atoms with Gasteiger partial charge in [-0.3, -0.25) is 0 Å².